The van der Waals surface area contributed by atoms with Crippen molar-refractivity contribution < 1.29 is 14.7 Å². The summed E-state index contributed by atoms with van der Waals surface area (Å²) in [5.74, 6) is -1.26. The molecule has 0 saturated carbocycles. The molecule has 1 aromatic carbocycles. The maximum Gasteiger partial charge on any atom is 0.310 e. The molecule has 0 radical (unpaired) electrons. The van der Waals surface area contributed by atoms with E-state index in [2.05, 4.69) is 12.6 Å². The third-order valence-electron chi connectivity index (χ3n) is 2.21. The standard InChI is InChI=1S/C12H14O3S/c13-10(8-12(14)15)3-1-2-9-4-6-11(16)7-5-9/h4-7,16H,1-3,8H2,(H,14,15). The highest BCUT2D eigenvalue weighted by Crippen LogP contribution is 2.10. The average molecular weight is 238 g/mol. The molecule has 0 atom stereocenters. The number of benzene rings is 1. The van der Waals surface area contributed by atoms with Crippen molar-refractivity contribution in [3.63, 3.8) is 0 Å². The summed E-state index contributed by atoms with van der Waals surface area (Å²) in [7, 11) is 0. The minimum atomic E-state index is -1.05. The SMILES string of the molecule is O=C(O)CC(=O)CCCc1ccc(S)cc1. The molecule has 0 fully saturated rings. The van der Waals surface area contributed by atoms with Crippen LogP contribution >= 0.6 is 12.6 Å². The third kappa shape index (κ3) is 4.98. The maximum absolute atomic E-state index is 11.1. The Hall–Kier alpha value is -1.29. The van der Waals surface area contributed by atoms with Crippen LogP contribution in [0.4, 0.5) is 0 Å². The van der Waals surface area contributed by atoms with Crippen molar-refractivity contribution in [2.45, 2.75) is 30.6 Å². The lowest BCUT2D eigenvalue weighted by atomic mass is 10.1. The summed E-state index contributed by atoms with van der Waals surface area (Å²) < 4.78 is 0. The molecule has 16 heavy (non-hydrogen) atoms. The van der Waals surface area contributed by atoms with Crippen LogP contribution in [0.25, 0.3) is 0 Å². The molecule has 1 N–H and O–H groups in total. The highest BCUT2D eigenvalue weighted by Gasteiger charge is 2.06. The van der Waals surface area contributed by atoms with E-state index in [1.807, 2.05) is 24.3 Å². The first-order valence-electron chi connectivity index (χ1n) is 5.09. The number of ketones is 1. The van der Waals surface area contributed by atoms with Crippen molar-refractivity contribution in [3.8, 4) is 0 Å². The smallest absolute Gasteiger partial charge is 0.310 e. The highest BCUT2D eigenvalue weighted by atomic mass is 32.1. The van der Waals surface area contributed by atoms with Crippen LogP contribution in [-0.2, 0) is 16.0 Å². The Morgan fingerprint density at radius 1 is 1.19 bits per heavy atom. The van der Waals surface area contributed by atoms with E-state index in [0.29, 0.717) is 12.8 Å². The van der Waals surface area contributed by atoms with Crippen LogP contribution < -0.4 is 0 Å². The van der Waals surface area contributed by atoms with Crippen LogP contribution in [0.5, 0.6) is 0 Å². The van der Waals surface area contributed by atoms with E-state index in [1.54, 1.807) is 0 Å². The molecule has 86 valence electrons. The van der Waals surface area contributed by atoms with Crippen molar-refractivity contribution in [2.24, 2.45) is 0 Å². The van der Waals surface area contributed by atoms with Gasteiger partial charge in [-0.3, -0.25) is 9.59 Å². The summed E-state index contributed by atoms with van der Waals surface area (Å²) in [5, 5.41) is 8.40. The molecule has 0 bridgehead atoms. The first kappa shape index (κ1) is 12.8. The highest BCUT2D eigenvalue weighted by molar-refractivity contribution is 7.80. The van der Waals surface area contributed by atoms with Gasteiger partial charge in [0.25, 0.3) is 0 Å². The van der Waals surface area contributed by atoms with Crippen LogP contribution in [0.15, 0.2) is 29.2 Å². The van der Waals surface area contributed by atoms with Crippen LogP contribution in [0.2, 0.25) is 0 Å². The number of Topliss-reactive ketones (excluding diaryl/α,β-unsaturated/α-hetero) is 1. The molecule has 3 nitrogen and oxygen atoms in total. The Balaban J connectivity index is 2.28. The van der Waals surface area contributed by atoms with Gasteiger partial charge in [0.2, 0.25) is 0 Å². The largest absolute Gasteiger partial charge is 0.481 e. The summed E-state index contributed by atoms with van der Waals surface area (Å²) in [6, 6.07) is 7.73. The molecule has 0 saturated heterocycles. The number of thiol groups is 1. The van der Waals surface area contributed by atoms with Gasteiger partial charge in [-0.1, -0.05) is 12.1 Å². The van der Waals surface area contributed by atoms with Crippen LogP contribution in [0, 0.1) is 0 Å². The van der Waals surface area contributed by atoms with Gasteiger partial charge < -0.3 is 5.11 Å². The number of aryl methyl sites for hydroxylation is 1. The first-order valence-corrected chi connectivity index (χ1v) is 5.54. The minimum Gasteiger partial charge on any atom is -0.481 e. The maximum atomic E-state index is 11.1. The normalized spacial score (nSPS) is 10.1. The average Bonchev–Trinajstić information content (AvgIpc) is 2.20. The Morgan fingerprint density at radius 2 is 1.81 bits per heavy atom. The molecule has 4 heteroatoms. The number of rotatable bonds is 6. The van der Waals surface area contributed by atoms with Gasteiger partial charge >= 0.3 is 5.97 Å². The summed E-state index contributed by atoms with van der Waals surface area (Å²) in [5.41, 5.74) is 1.14. The first-order chi connectivity index (χ1) is 7.58. The van der Waals surface area contributed by atoms with E-state index in [-0.39, 0.29) is 12.2 Å². The predicted molar refractivity (Wildman–Crippen MR) is 63.9 cm³/mol. The van der Waals surface area contributed by atoms with Crippen molar-refractivity contribution >= 4 is 24.4 Å². The summed E-state index contributed by atoms with van der Waals surface area (Å²) >= 11 is 4.17. The molecule has 1 rings (SSSR count). The molecule has 0 aliphatic rings. The van der Waals surface area contributed by atoms with Gasteiger partial charge in [-0.05, 0) is 30.5 Å². The van der Waals surface area contributed by atoms with E-state index in [4.69, 9.17) is 5.11 Å². The molecule has 0 aliphatic heterocycles. The van der Waals surface area contributed by atoms with E-state index in [1.165, 1.54) is 0 Å². The fraction of sp³-hybridized carbons (Fsp3) is 0.333. The fourth-order valence-corrected chi connectivity index (χ4v) is 1.56. The van der Waals surface area contributed by atoms with E-state index >= 15 is 0 Å². The summed E-state index contributed by atoms with van der Waals surface area (Å²) in [6.07, 6.45) is 1.45. The van der Waals surface area contributed by atoms with E-state index < -0.39 is 5.97 Å². The van der Waals surface area contributed by atoms with Gasteiger partial charge in [0.15, 0.2) is 0 Å². The zero-order chi connectivity index (χ0) is 12.0. The van der Waals surface area contributed by atoms with Gasteiger partial charge in [0.05, 0.1) is 0 Å². The van der Waals surface area contributed by atoms with Crippen molar-refractivity contribution in [1.82, 2.24) is 0 Å². The van der Waals surface area contributed by atoms with Gasteiger partial charge in [-0.15, -0.1) is 12.6 Å². The van der Waals surface area contributed by atoms with Crippen LogP contribution in [0.3, 0.4) is 0 Å². The van der Waals surface area contributed by atoms with E-state index in [9.17, 15) is 9.59 Å². The Labute approximate surface area is 99.9 Å². The topological polar surface area (TPSA) is 54.4 Å². The predicted octanol–water partition coefficient (Wildman–Crippen LogP) is 2.34. The molecule has 0 amide bonds. The summed E-state index contributed by atoms with van der Waals surface area (Å²) in [6.45, 7) is 0. The number of carboxylic acid groups (broad SMARTS) is 1. The molecular weight excluding hydrogens is 224 g/mol. The second-order valence-corrected chi connectivity index (χ2v) is 4.15. The number of carboxylic acids is 1. The quantitative estimate of drug-likeness (QED) is 0.591. The fourth-order valence-electron chi connectivity index (χ4n) is 1.41. The lowest BCUT2D eigenvalue weighted by molar-refractivity contribution is -0.140. The molecule has 1 aromatic rings. The van der Waals surface area contributed by atoms with Crippen LogP contribution in [-0.4, -0.2) is 16.9 Å². The van der Waals surface area contributed by atoms with Gasteiger partial charge in [0, 0.05) is 11.3 Å². The minimum absolute atomic E-state index is 0.210. The number of hydrogen-bond donors (Lipinski definition) is 2. The number of aliphatic carboxylic acids is 1. The third-order valence-corrected chi connectivity index (χ3v) is 2.50. The number of carbonyl (C=O) groups excluding carboxylic acids is 1. The molecular formula is C12H14O3S. The van der Waals surface area contributed by atoms with Crippen molar-refractivity contribution in [1.29, 1.82) is 0 Å². The zero-order valence-electron chi connectivity index (χ0n) is 8.85. The van der Waals surface area contributed by atoms with Crippen molar-refractivity contribution in [2.75, 3.05) is 0 Å². The zero-order valence-corrected chi connectivity index (χ0v) is 9.74. The van der Waals surface area contributed by atoms with Crippen molar-refractivity contribution in [3.05, 3.63) is 29.8 Å². The number of hydrogen-bond acceptors (Lipinski definition) is 3. The Morgan fingerprint density at radius 3 is 2.38 bits per heavy atom. The molecule has 0 aromatic heterocycles. The second kappa shape index (κ2) is 6.33. The van der Waals surface area contributed by atoms with Gasteiger partial charge in [-0.2, -0.15) is 0 Å². The van der Waals surface area contributed by atoms with Gasteiger partial charge in [-0.25, -0.2) is 0 Å². The summed E-state index contributed by atoms with van der Waals surface area (Å²) in [4.78, 5) is 22.3. The van der Waals surface area contributed by atoms with Gasteiger partial charge in [0.1, 0.15) is 12.2 Å². The Kier molecular flexibility index (Phi) is 5.05. The molecule has 0 spiro atoms. The molecule has 0 heterocycles. The lowest BCUT2D eigenvalue weighted by Crippen LogP contribution is -2.06. The number of carbonyl (C=O) groups is 2. The second-order valence-electron chi connectivity index (χ2n) is 3.63. The molecule has 0 unspecified atom stereocenters. The Bertz CT molecular complexity index is 370. The molecule has 0 aliphatic carbocycles. The monoisotopic (exact) mass is 238 g/mol. The van der Waals surface area contributed by atoms with Crippen LogP contribution in [0.1, 0.15) is 24.8 Å². The lowest BCUT2D eigenvalue weighted by Gasteiger charge is -2.01. The van der Waals surface area contributed by atoms with E-state index in [0.717, 1.165) is 16.9 Å².